The molecule has 8 heteroatoms. The molecule has 0 spiro atoms. The minimum absolute atomic E-state index is 0.0593. The molecule has 1 aromatic rings. The molecule has 1 saturated heterocycles. The number of hydrogen-bond donors (Lipinski definition) is 0. The number of thiazole rings is 1. The summed E-state index contributed by atoms with van der Waals surface area (Å²) in [6.45, 7) is 3.10. The van der Waals surface area contributed by atoms with Gasteiger partial charge in [-0.1, -0.05) is 6.92 Å². The van der Waals surface area contributed by atoms with E-state index in [4.69, 9.17) is 0 Å². The summed E-state index contributed by atoms with van der Waals surface area (Å²) in [5.41, 5.74) is 0. The number of aromatic nitrogens is 1. The summed E-state index contributed by atoms with van der Waals surface area (Å²) in [5.74, 6) is 0.119. The predicted octanol–water partition coefficient (Wildman–Crippen LogP) is 0.988. The molecule has 2 amide bonds. The molecule has 112 valence electrons. The van der Waals surface area contributed by atoms with Crippen LogP contribution in [0.1, 0.15) is 16.8 Å². The largest absolute Gasteiger partial charge is 0.323 e. The molecule has 6 nitrogen and oxygen atoms in total. The van der Waals surface area contributed by atoms with Crippen LogP contribution in [0.3, 0.4) is 0 Å². The van der Waals surface area contributed by atoms with E-state index in [1.807, 2.05) is 6.20 Å². The quantitative estimate of drug-likeness (QED) is 0.833. The molecule has 0 radical (unpaired) electrons. The van der Waals surface area contributed by atoms with Gasteiger partial charge in [-0.25, -0.2) is 18.2 Å². The van der Waals surface area contributed by atoms with Crippen molar-refractivity contribution in [3.05, 3.63) is 16.1 Å². The highest BCUT2D eigenvalue weighted by Crippen LogP contribution is 2.16. The van der Waals surface area contributed by atoms with E-state index >= 15 is 0 Å². The number of hydrogen-bond acceptors (Lipinski definition) is 5. The maximum Gasteiger partial charge on any atom is 0.320 e. The van der Waals surface area contributed by atoms with Crippen molar-refractivity contribution in [2.75, 3.05) is 31.6 Å². The van der Waals surface area contributed by atoms with Gasteiger partial charge in [-0.15, -0.1) is 11.3 Å². The highest BCUT2D eigenvalue weighted by molar-refractivity contribution is 7.91. The van der Waals surface area contributed by atoms with Crippen LogP contribution in [0.15, 0.2) is 6.20 Å². The van der Waals surface area contributed by atoms with E-state index in [9.17, 15) is 13.2 Å². The zero-order valence-corrected chi connectivity index (χ0v) is 13.3. The SMILES string of the molecule is CCc1cnc(CN(C)C(=O)N2CCS(=O)(=O)CC2)s1. The van der Waals surface area contributed by atoms with Gasteiger partial charge in [0.05, 0.1) is 18.1 Å². The zero-order chi connectivity index (χ0) is 14.8. The average Bonchev–Trinajstić information content (AvgIpc) is 2.85. The second-order valence-electron chi connectivity index (χ2n) is 4.85. The van der Waals surface area contributed by atoms with E-state index < -0.39 is 9.84 Å². The number of nitrogens with zero attached hydrogens (tertiary/aromatic N) is 3. The summed E-state index contributed by atoms with van der Waals surface area (Å²) >= 11 is 1.61. The van der Waals surface area contributed by atoms with Crippen molar-refractivity contribution in [2.45, 2.75) is 19.9 Å². The van der Waals surface area contributed by atoms with Crippen molar-refractivity contribution < 1.29 is 13.2 Å². The lowest BCUT2D eigenvalue weighted by Gasteiger charge is -2.30. The average molecular weight is 317 g/mol. The first-order valence-electron chi connectivity index (χ1n) is 6.55. The highest BCUT2D eigenvalue weighted by Gasteiger charge is 2.27. The van der Waals surface area contributed by atoms with Gasteiger partial charge in [0.1, 0.15) is 5.01 Å². The number of amides is 2. The van der Waals surface area contributed by atoms with Crippen LogP contribution in [0, 0.1) is 0 Å². The fourth-order valence-corrected chi connectivity index (χ4v) is 4.12. The van der Waals surface area contributed by atoms with Crippen molar-refractivity contribution in [1.29, 1.82) is 0 Å². The van der Waals surface area contributed by atoms with Gasteiger partial charge in [-0.3, -0.25) is 0 Å². The Labute approximate surface area is 123 Å². The molecule has 2 heterocycles. The molecular formula is C12H19N3O3S2. The smallest absolute Gasteiger partial charge is 0.320 e. The Morgan fingerprint density at radius 2 is 2.10 bits per heavy atom. The van der Waals surface area contributed by atoms with E-state index in [0.29, 0.717) is 6.54 Å². The van der Waals surface area contributed by atoms with E-state index in [0.717, 1.165) is 11.4 Å². The van der Waals surface area contributed by atoms with Crippen LogP contribution in [0.4, 0.5) is 4.79 Å². The van der Waals surface area contributed by atoms with Gasteiger partial charge in [0.25, 0.3) is 0 Å². The third kappa shape index (κ3) is 3.69. The summed E-state index contributed by atoms with van der Waals surface area (Å²) in [4.78, 5) is 20.9. The molecule has 1 aliphatic rings. The second-order valence-corrected chi connectivity index (χ2v) is 8.35. The van der Waals surface area contributed by atoms with Gasteiger partial charge < -0.3 is 9.80 Å². The molecule has 1 fully saturated rings. The third-order valence-corrected chi connectivity index (χ3v) is 6.00. The summed E-state index contributed by atoms with van der Waals surface area (Å²) in [7, 11) is -1.24. The minimum atomic E-state index is -2.96. The van der Waals surface area contributed by atoms with Crippen LogP contribution in [0.25, 0.3) is 0 Å². The number of aryl methyl sites for hydroxylation is 1. The lowest BCUT2D eigenvalue weighted by Crippen LogP contribution is -2.48. The lowest BCUT2D eigenvalue weighted by atomic mass is 10.4. The second kappa shape index (κ2) is 6.09. The van der Waals surface area contributed by atoms with Crippen molar-refractivity contribution in [1.82, 2.24) is 14.8 Å². The maximum absolute atomic E-state index is 12.2. The third-order valence-electron chi connectivity index (χ3n) is 3.26. The Balaban J connectivity index is 1.92. The summed E-state index contributed by atoms with van der Waals surface area (Å²) in [6, 6.07) is -0.131. The van der Waals surface area contributed by atoms with E-state index in [2.05, 4.69) is 11.9 Å². The zero-order valence-electron chi connectivity index (χ0n) is 11.7. The number of carbonyl (C=O) groups is 1. The minimum Gasteiger partial charge on any atom is -0.323 e. The molecule has 0 atom stereocenters. The molecule has 0 N–H and O–H groups in total. The van der Waals surface area contributed by atoms with Crippen LogP contribution in [0.2, 0.25) is 0 Å². The lowest BCUT2D eigenvalue weighted by molar-refractivity contribution is 0.164. The fourth-order valence-electron chi connectivity index (χ4n) is 2.00. The van der Waals surface area contributed by atoms with E-state index in [-0.39, 0.29) is 30.6 Å². The van der Waals surface area contributed by atoms with Crippen molar-refractivity contribution >= 4 is 27.2 Å². The highest BCUT2D eigenvalue weighted by atomic mass is 32.2. The van der Waals surface area contributed by atoms with E-state index in [1.165, 1.54) is 4.88 Å². The van der Waals surface area contributed by atoms with Gasteiger partial charge in [0.2, 0.25) is 0 Å². The molecule has 0 unspecified atom stereocenters. The fraction of sp³-hybridized carbons (Fsp3) is 0.667. The number of urea groups is 1. The molecule has 1 aliphatic heterocycles. The summed E-state index contributed by atoms with van der Waals surface area (Å²) in [6.07, 6.45) is 2.78. The number of rotatable bonds is 3. The molecule has 0 saturated carbocycles. The Morgan fingerprint density at radius 1 is 1.45 bits per heavy atom. The monoisotopic (exact) mass is 317 g/mol. The Morgan fingerprint density at radius 3 is 2.65 bits per heavy atom. The first-order valence-corrected chi connectivity index (χ1v) is 9.19. The normalized spacial score (nSPS) is 18.0. The predicted molar refractivity (Wildman–Crippen MR) is 78.6 cm³/mol. The van der Waals surface area contributed by atoms with Crippen LogP contribution in [0.5, 0.6) is 0 Å². The molecule has 0 aromatic carbocycles. The number of sulfone groups is 1. The Hall–Kier alpha value is -1.15. The van der Waals surface area contributed by atoms with Crippen LogP contribution in [-0.2, 0) is 22.8 Å². The van der Waals surface area contributed by atoms with Gasteiger partial charge in [0.15, 0.2) is 9.84 Å². The van der Waals surface area contributed by atoms with Crippen LogP contribution < -0.4 is 0 Å². The summed E-state index contributed by atoms with van der Waals surface area (Å²) < 4.78 is 22.7. The topological polar surface area (TPSA) is 70.6 Å². The first kappa shape index (κ1) is 15.2. The van der Waals surface area contributed by atoms with Gasteiger partial charge >= 0.3 is 6.03 Å². The Kier molecular flexibility index (Phi) is 4.64. The molecule has 1 aromatic heterocycles. The molecular weight excluding hydrogens is 298 g/mol. The molecule has 0 aliphatic carbocycles. The molecule has 0 bridgehead atoms. The first-order chi connectivity index (χ1) is 9.41. The van der Waals surface area contributed by atoms with E-state index in [1.54, 1.807) is 28.2 Å². The van der Waals surface area contributed by atoms with Crippen molar-refractivity contribution in [3.8, 4) is 0 Å². The van der Waals surface area contributed by atoms with Crippen molar-refractivity contribution in [3.63, 3.8) is 0 Å². The maximum atomic E-state index is 12.2. The van der Waals surface area contributed by atoms with Crippen LogP contribution in [-0.4, -0.2) is 60.9 Å². The standard InChI is InChI=1S/C12H19N3O3S2/c1-3-10-8-13-11(19-10)9-14(2)12(16)15-4-6-20(17,18)7-5-15/h8H,3-7,9H2,1-2H3. The van der Waals surface area contributed by atoms with Crippen molar-refractivity contribution in [2.24, 2.45) is 0 Å². The number of carbonyl (C=O) groups excluding carboxylic acids is 1. The Bertz CT molecular complexity index is 569. The van der Waals surface area contributed by atoms with Gasteiger partial charge in [-0.05, 0) is 6.42 Å². The van der Waals surface area contributed by atoms with Gasteiger partial charge in [0, 0.05) is 31.2 Å². The molecule has 2 rings (SSSR count). The summed E-state index contributed by atoms with van der Waals surface area (Å²) in [5, 5.41) is 0.905. The van der Waals surface area contributed by atoms with Gasteiger partial charge in [-0.2, -0.15) is 0 Å². The molecule has 20 heavy (non-hydrogen) atoms. The van der Waals surface area contributed by atoms with Crippen LogP contribution >= 0.6 is 11.3 Å².